The lowest BCUT2D eigenvalue weighted by atomic mass is 10.0. The first kappa shape index (κ1) is 24.0. The van der Waals surface area contributed by atoms with E-state index in [4.69, 9.17) is 14.2 Å². The predicted octanol–water partition coefficient (Wildman–Crippen LogP) is 4.42. The Morgan fingerprint density at radius 2 is 1.68 bits per heavy atom. The molecule has 0 radical (unpaired) electrons. The molecule has 0 fully saturated rings. The zero-order valence-corrected chi connectivity index (χ0v) is 18.2. The van der Waals surface area contributed by atoms with Crippen molar-refractivity contribution in [3.05, 3.63) is 35.9 Å². The van der Waals surface area contributed by atoms with Gasteiger partial charge >= 0.3 is 12.1 Å². The zero-order valence-electron chi connectivity index (χ0n) is 18.2. The average Bonchev–Trinajstić information content (AvgIpc) is 2.61. The summed E-state index contributed by atoms with van der Waals surface area (Å²) in [4.78, 5) is 26.1. The van der Waals surface area contributed by atoms with Gasteiger partial charge in [-0.15, -0.1) is 0 Å². The molecule has 0 heterocycles. The van der Waals surface area contributed by atoms with Crippen molar-refractivity contribution in [1.29, 1.82) is 0 Å². The highest BCUT2D eigenvalue weighted by molar-refractivity contribution is 5.74. The van der Waals surface area contributed by atoms with Crippen LogP contribution in [0.4, 0.5) is 4.79 Å². The number of likely N-dealkylation sites (N-methyl/N-ethyl adjacent to an activating group) is 1. The molecule has 28 heavy (non-hydrogen) atoms. The van der Waals surface area contributed by atoms with Crippen LogP contribution in [0.5, 0.6) is 0 Å². The van der Waals surface area contributed by atoms with Crippen LogP contribution in [0, 0.1) is 5.92 Å². The fraction of sp³-hybridized carbons (Fsp3) is 0.636. The molecule has 0 aliphatic heterocycles. The maximum absolute atomic E-state index is 12.4. The molecule has 0 aliphatic carbocycles. The maximum atomic E-state index is 12.4. The van der Waals surface area contributed by atoms with Crippen molar-refractivity contribution in [3.8, 4) is 0 Å². The highest BCUT2D eigenvalue weighted by Crippen LogP contribution is 2.16. The molecule has 6 nitrogen and oxygen atoms in total. The van der Waals surface area contributed by atoms with Gasteiger partial charge in [0.05, 0.1) is 12.6 Å². The number of hydrogen-bond donors (Lipinski definition) is 0. The van der Waals surface area contributed by atoms with E-state index in [-0.39, 0.29) is 19.3 Å². The minimum Gasteiger partial charge on any atom is -0.459 e. The Labute approximate surface area is 169 Å². The molecule has 1 aromatic rings. The summed E-state index contributed by atoms with van der Waals surface area (Å²) >= 11 is 0. The number of carbonyl (C=O) groups excluding carboxylic acids is 2. The summed E-state index contributed by atoms with van der Waals surface area (Å²) in [5, 5.41) is 0. The number of amides is 1. The lowest BCUT2D eigenvalue weighted by Crippen LogP contribution is -2.44. The summed E-state index contributed by atoms with van der Waals surface area (Å²) in [6.45, 7) is 11.7. The molecule has 0 N–H and O–H groups in total. The highest BCUT2D eigenvalue weighted by atomic mass is 16.6. The van der Waals surface area contributed by atoms with Crippen LogP contribution >= 0.6 is 0 Å². The minimum atomic E-state index is -0.717. The van der Waals surface area contributed by atoms with Gasteiger partial charge in [-0.3, -0.25) is 0 Å². The van der Waals surface area contributed by atoms with Crippen LogP contribution in [0.15, 0.2) is 30.3 Å². The first-order valence-corrected chi connectivity index (χ1v) is 9.77. The van der Waals surface area contributed by atoms with Gasteiger partial charge in [0.1, 0.15) is 12.2 Å². The van der Waals surface area contributed by atoms with Crippen LogP contribution in [0.2, 0.25) is 0 Å². The number of carbonyl (C=O) groups is 2. The third-order valence-corrected chi connectivity index (χ3v) is 4.07. The van der Waals surface area contributed by atoms with Gasteiger partial charge in [-0.2, -0.15) is 0 Å². The van der Waals surface area contributed by atoms with Gasteiger partial charge in [0.15, 0.2) is 6.10 Å². The molecule has 0 aliphatic rings. The summed E-state index contributed by atoms with van der Waals surface area (Å²) in [5.74, 6) is -0.0640. The molecule has 0 saturated heterocycles. The van der Waals surface area contributed by atoms with E-state index >= 15 is 0 Å². The standard InChI is InChI=1S/C22H35NO5/c1-16(2)13-19(23(7)21(25)28-22(4,5)6)15-26-17(3)20(24)27-14-18-11-9-8-10-12-18/h8-12,16-17,19H,13-15H2,1-7H3/t17-,19+/m1/s1. The largest absolute Gasteiger partial charge is 0.459 e. The monoisotopic (exact) mass is 393 g/mol. The number of benzene rings is 1. The molecule has 1 aromatic carbocycles. The molecule has 2 atom stereocenters. The molecule has 0 aromatic heterocycles. The molecular formula is C22H35NO5. The van der Waals surface area contributed by atoms with Gasteiger partial charge < -0.3 is 19.1 Å². The third kappa shape index (κ3) is 9.22. The van der Waals surface area contributed by atoms with E-state index < -0.39 is 23.8 Å². The SMILES string of the molecule is CC(C)C[C@@H](CO[C@H](C)C(=O)OCc1ccccc1)N(C)C(=O)OC(C)(C)C. The lowest BCUT2D eigenvalue weighted by Gasteiger charge is -2.32. The van der Waals surface area contributed by atoms with E-state index in [0.29, 0.717) is 5.92 Å². The Balaban J connectivity index is 2.58. The van der Waals surface area contributed by atoms with Gasteiger partial charge in [-0.1, -0.05) is 44.2 Å². The van der Waals surface area contributed by atoms with Gasteiger partial charge in [0.2, 0.25) is 0 Å². The van der Waals surface area contributed by atoms with Crippen molar-refractivity contribution in [2.24, 2.45) is 5.92 Å². The van der Waals surface area contributed by atoms with E-state index in [1.165, 1.54) is 0 Å². The summed E-state index contributed by atoms with van der Waals surface area (Å²) in [5.41, 5.74) is 0.355. The second kappa shape index (κ2) is 11.1. The third-order valence-electron chi connectivity index (χ3n) is 4.07. The van der Waals surface area contributed by atoms with Gasteiger partial charge in [-0.05, 0) is 45.6 Å². The summed E-state index contributed by atoms with van der Waals surface area (Å²) in [6, 6.07) is 9.30. The molecule has 0 unspecified atom stereocenters. The van der Waals surface area contributed by atoms with E-state index in [1.807, 2.05) is 51.1 Å². The number of nitrogens with zero attached hydrogens (tertiary/aromatic N) is 1. The van der Waals surface area contributed by atoms with Crippen LogP contribution in [-0.2, 0) is 25.6 Å². The Hall–Kier alpha value is -2.08. The lowest BCUT2D eigenvalue weighted by molar-refractivity contribution is -0.158. The van der Waals surface area contributed by atoms with E-state index in [9.17, 15) is 9.59 Å². The smallest absolute Gasteiger partial charge is 0.410 e. The normalized spacial score (nSPS) is 13.7. The maximum Gasteiger partial charge on any atom is 0.410 e. The Morgan fingerprint density at radius 3 is 2.21 bits per heavy atom. The minimum absolute atomic E-state index is 0.195. The van der Waals surface area contributed by atoms with Crippen molar-refractivity contribution in [1.82, 2.24) is 4.90 Å². The van der Waals surface area contributed by atoms with Gasteiger partial charge in [0, 0.05) is 7.05 Å². The molecule has 0 spiro atoms. The topological polar surface area (TPSA) is 65.1 Å². The number of rotatable bonds is 9. The van der Waals surface area contributed by atoms with Crippen LogP contribution < -0.4 is 0 Å². The fourth-order valence-electron chi connectivity index (χ4n) is 2.53. The van der Waals surface area contributed by atoms with Crippen molar-refractivity contribution in [2.45, 2.75) is 72.3 Å². The molecule has 1 rings (SSSR count). The van der Waals surface area contributed by atoms with Gasteiger partial charge in [0.25, 0.3) is 0 Å². The summed E-state index contributed by atoms with van der Waals surface area (Å²) in [6.07, 6.45) is -0.381. The van der Waals surface area contributed by atoms with Crippen LogP contribution in [-0.4, -0.2) is 48.4 Å². The number of hydrogen-bond acceptors (Lipinski definition) is 5. The fourth-order valence-corrected chi connectivity index (χ4v) is 2.53. The molecule has 0 saturated carbocycles. The van der Waals surface area contributed by atoms with E-state index in [2.05, 4.69) is 13.8 Å². The molecule has 6 heteroatoms. The molecule has 1 amide bonds. The molecule has 0 bridgehead atoms. The quantitative estimate of drug-likeness (QED) is 0.581. The second-order valence-electron chi connectivity index (χ2n) is 8.44. The highest BCUT2D eigenvalue weighted by Gasteiger charge is 2.27. The summed E-state index contributed by atoms with van der Waals surface area (Å²) in [7, 11) is 1.70. The number of esters is 1. The van der Waals surface area contributed by atoms with Crippen molar-refractivity contribution < 1.29 is 23.8 Å². The Kier molecular flexibility index (Phi) is 9.46. The Bertz CT molecular complexity index is 609. The van der Waals surface area contributed by atoms with Crippen molar-refractivity contribution in [2.75, 3.05) is 13.7 Å². The summed E-state index contributed by atoms with van der Waals surface area (Å²) < 4.78 is 16.5. The van der Waals surface area contributed by atoms with Crippen molar-refractivity contribution in [3.63, 3.8) is 0 Å². The predicted molar refractivity (Wildman–Crippen MR) is 109 cm³/mol. The van der Waals surface area contributed by atoms with Crippen molar-refractivity contribution >= 4 is 12.1 Å². The Morgan fingerprint density at radius 1 is 1.07 bits per heavy atom. The number of ether oxygens (including phenoxy) is 3. The van der Waals surface area contributed by atoms with Gasteiger partial charge in [-0.25, -0.2) is 9.59 Å². The van der Waals surface area contributed by atoms with E-state index in [0.717, 1.165) is 12.0 Å². The zero-order chi connectivity index (χ0) is 21.3. The average molecular weight is 394 g/mol. The van der Waals surface area contributed by atoms with Crippen LogP contribution in [0.3, 0.4) is 0 Å². The first-order valence-electron chi connectivity index (χ1n) is 9.77. The van der Waals surface area contributed by atoms with Crippen LogP contribution in [0.1, 0.15) is 53.5 Å². The molecular weight excluding hydrogens is 358 g/mol. The second-order valence-corrected chi connectivity index (χ2v) is 8.44. The first-order chi connectivity index (χ1) is 13.0. The molecule has 158 valence electrons. The van der Waals surface area contributed by atoms with E-state index in [1.54, 1.807) is 18.9 Å². The van der Waals surface area contributed by atoms with Crippen LogP contribution in [0.25, 0.3) is 0 Å².